The van der Waals surface area contributed by atoms with Gasteiger partial charge in [0.15, 0.2) is 0 Å². The first-order chi connectivity index (χ1) is 7.24. The standard InChI is InChI=1S/C12H20O3/c1-2-7-11(15-12(13)14)10-8-5-3-4-6-9-10/h2,10-11H,1,3-9H2,(H,13,14). The van der Waals surface area contributed by atoms with Crippen molar-refractivity contribution in [2.24, 2.45) is 5.92 Å². The molecule has 1 fully saturated rings. The maximum atomic E-state index is 10.6. The number of carbonyl (C=O) groups is 1. The number of hydrogen-bond acceptors (Lipinski definition) is 2. The largest absolute Gasteiger partial charge is 0.506 e. The van der Waals surface area contributed by atoms with Crippen LogP contribution in [0.3, 0.4) is 0 Å². The Morgan fingerprint density at radius 2 is 2.00 bits per heavy atom. The van der Waals surface area contributed by atoms with Crippen molar-refractivity contribution in [3.05, 3.63) is 12.7 Å². The second-order valence-electron chi connectivity index (χ2n) is 4.20. The first kappa shape index (κ1) is 12.1. The molecule has 0 aromatic heterocycles. The second kappa shape index (κ2) is 6.49. The molecule has 1 unspecified atom stereocenters. The van der Waals surface area contributed by atoms with E-state index < -0.39 is 6.16 Å². The number of ether oxygens (including phenoxy) is 1. The molecule has 1 N–H and O–H groups in total. The van der Waals surface area contributed by atoms with E-state index in [1.54, 1.807) is 6.08 Å². The van der Waals surface area contributed by atoms with Crippen LogP contribution in [0.15, 0.2) is 12.7 Å². The Bertz CT molecular complexity index is 205. The highest BCUT2D eigenvalue weighted by Gasteiger charge is 2.24. The van der Waals surface area contributed by atoms with E-state index in [0.29, 0.717) is 12.3 Å². The lowest BCUT2D eigenvalue weighted by atomic mass is 9.92. The maximum Gasteiger partial charge on any atom is 0.506 e. The minimum atomic E-state index is -1.16. The molecule has 1 saturated carbocycles. The van der Waals surface area contributed by atoms with Gasteiger partial charge in [0.1, 0.15) is 6.10 Å². The topological polar surface area (TPSA) is 46.5 Å². The highest BCUT2D eigenvalue weighted by molar-refractivity contribution is 5.57. The molecule has 1 aliphatic carbocycles. The lowest BCUT2D eigenvalue weighted by Crippen LogP contribution is -2.25. The van der Waals surface area contributed by atoms with Crippen LogP contribution in [0.4, 0.5) is 4.79 Å². The van der Waals surface area contributed by atoms with Crippen molar-refractivity contribution in [1.29, 1.82) is 0 Å². The van der Waals surface area contributed by atoms with Crippen LogP contribution in [0, 0.1) is 5.92 Å². The third-order valence-corrected chi connectivity index (χ3v) is 3.08. The molecule has 3 nitrogen and oxygen atoms in total. The molecule has 0 aliphatic heterocycles. The normalized spacial score (nSPS) is 20.3. The quantitative estimate of drug-likeness (QED) is 0.440. The van der Waals surface area contributed by atoms with Gasteiger partial charge >= 0.3 is 6.16 Å². The van der Waals surface area contributed by atoms with Gasteiger partial charge in [0, 0.05) is 6.42 Å². The molecule has 86 valence electrons. The van der Waals surface area contributed by atoms with Gasteiger partial charge in [0.2, 0.25) is 0 Å². The minimum absolute atomic E-state index is 0.182. The van der Waals surface area contributed by atoms with Gasteiger partial charge in [-0.05, 0) is 18.8 Å². The third kappa shape index (κ3) is 4.36. The Morgan fingerprint density at radius 3 is 2.47 bits per heavy atom. The van der Waals surface area contributed by atoms with Crippen LogP contribution in [-0.2, 0) is 4.74 Å². The van der Waals surface area contributed by atoms with E-state index in [9.17, 15) is 4.79 Å². The Labute approximate surface area is 91.1 Å². The van der Waals surface area contributed by atoms with Crippen LogP contribution < -0.4 is 0 Å². The van der Waals surface area contributed by atoms with Gasteiger partial charge in [-0.3, -0.25) is 0 Å². The molecule has 0 saturated heterocycles. The zero-order valence-corrected chi connectivity index (χ0v) is 9.15. The van der Waals surface area contributed by atoms with Gasteiger partial charge in [-0.25, -0.2) is 4.79 Å². The van der Waals surface area contributed by atoms with Crippen molar-refractivity contribution in [2.75, 3.05) is 0 Å². The lowest BCUT2D eigenvalue weighted by Gasteiger charge is -2.23. The number of hydrogen-bond donors (Lipinski definition) is 1. The fraction of sp³-hybridized carbons (Fsp3) is 0.750. The Kier molecular flexibility index (Phi) is 5.22. The predicted octanol–water partition coefficient (Wildman–Crippen LogP) is 3.60. The van der Waals surface area contributed by atoms with Gasteiger partial charge in [-0.1, -0.05) is 31.8 Å². The van der Waals surface area contributed by atoms with Gasteiger partial charge in [0.25, 0.3) is 0 Å². The van der Waals surface area contributed by atoms with E-state index in [1.165, 1.54) is 25.7 Å². The van der Waals surface area contributed by atoms with Crippen LogP contribution in [0.25, 0.3) is 0 Å². The van der Waals surface area contributed by atoms with Gasteiger partial charge < -0.3 is 9.84 Å². The number of carboxylic acid groups (broad SMARTS) is 1. The summed E-state index contributed by atoms with van der Waals surface area (Å²) >= 11 is 0. The van der Waals surface area contributed by atoms with Crippen molar-refractivity contribution in [2.45, 2.75) is 51.0 Å². The summed E-state index contributed by atoms with van der Waals surface area (Å²) in [5, 5.41) is 8.65. The van der Waals surface area contributed by atoms with Crippen LogP contribution in [0.5, 0.6) is 0 Å². The minimum Gasteiger partial charge on any atom is -0.450 e. The average molecular weight is 212 g/mol. The lowest BCUT2D eigenvalue weighted by molar-refractivity contribution is 0.0222. The zero-order chi connectivity index (χ0) is 11.1. The summed E-state index contributed by atoms with van der Waals surface area (Å²) in [5.74, 6) is 0.390. The Hall–Kier alpha value is -0.990. The van der Waals surface area contributed by atoms with E-state index in [2.05, 4.69) is 6.58 Å². The average Bonchev–Trinajstić information content (AvgIpc) is 2.44. The van der Waals surface area contributed by atoms with E-state index in [0.717, 1.165) is 12.8 Å². The molecule has 1 rings (SSSR count). The molecule has 0 radical (unpaired) electrons. The maximum absolute atomic E-state index is 10.6. The monoisotopic (exact) mass is 212 g/mol. The number of rotatable bonds is 4. The van der Waals surface area contributed by atoms with Crippen LogP contribution in [-0.4, -0.2) is 17.4 Å². The molecule has 3 heteroatoms. The van der Waals surface area contributed by atoms with Gasteiger partial charge in [0.05, 0.1) is 0 Å². The summed E-state index contributed by atoms with van der Waals surface area (Å²) < 4.78 is 4.93. The second-order valence-corrected chi connectivity index (χ2v) is 4.20. The smallest absolute Gasteiger partial charge is 0.450 e. The first-order valence-corrected chi connectivity index (χ1v) is 5.74. The van der Waals surface area contributed by atoms with Crippen LogP contribution >= 0.6 is 0 Å². The van der Waals surface area contributed by atoms with Gasteiger partial charge in [-0.15, -0.1) is 6.58 Å². The summed E-state index contributed by atoms with van der Waals surface area (Å²) in [6.07, 6.45) is 8.15. The highest BCUT2D eigenvalue weighted by atomic mass is 16.7. The zero-order valence-electron chi connectivity index (χ0n) is 9.15. The van der Waals surface area contributed by atoms with E-state index in [-0.39, 0.29) is 6.10 Å². The van der Waals surface area contributed by atoms with Crippen molar-refractivity contribution >= 4 is 6.16 Å². The molecular formula is C12H20O3. The van der Waals surface area contributed by atoms with Gasteiger partial charge in [-0.2, -0.15) is 0 Å². The van der Waals surface area contributed by atoms with Crippen molar-refractivity contribution < 1.29 is 14.6 Å². The molecular weight excluding hydrogens is 192 g/mol. The molecule has 1 atom stereocenters. The van der Waals surface area contributed by atoms with E-state index in [1.807, 2.05) is 0 Å². The molecule has 0 spiro atoms. The molecule has 0 heterocycles. The fourth-order valence-electron chi connectivity index (χ4n) is 2.31. The molecule has 15 heavy (non-hydrogen) atoms. The SMILES string of the molecule is C=CCC(OC(=O)O)C1CCCCCC1. The Morgan fingerprint density at radius 1 is 1.40 bits per heavy atom. The summed E-state index contributed by atoms with van der Waals surface area (Å²) in [5.41, 5.74) is 0. The summed E-state index contributed by atoms with van der Waals surface area (Å²) in [6, 6.07) is 0. The summed E-state index contributed by atoms with van der Waals surface area (Å²) in [6.45, 7) is 3.65. The fourth-order valence-corrected chi connectivity index (χ4v) is 2.31. The summed E-state index contributed by atoms with van der Waals surface area (Å²) in [4.78, 5) is 10.6. The predicted molar refractivity (Wildman–Crippen MR) is 58.9 cm³/mol. The van der Waals surface area contributed by atoms with E-state index in [4.69, 9.17) is 9.84 Å². The van der Waals surface area contributed by atoms with Crippen molar-refractivity contribution in [3.63, 3.8) is 0 Å². The molecule has 0 bridgehead atoms. The van der Waals surface area contributed by atoms with Crippen molar-refractivity contribution in [1.82, 2.24) is 0 Å². The molecule has 1 aliphatic rings. The highest BCUT2D eigenvalue weighted by Crippen LogP contribution is 2.28. The van der Waals surface area contributed by atoms with E-state index >= 15 is 0 Å². The van der Waals surface area contributed by atoms with Crippen LogP contribution in [0.1, 0.15) is 44.9 Å². The summed E-state index contributed by atoms with van der Waals surface area (Å²) in [7, 11) is 0. The van der Waals surface area contributed by atoms with Crippen molar-refractivity contribution in [3.8, 4) is 0 Å². The molecule has 0 amide bonds. The first-order valence-electron chi connectivity index (χ1n) is 5.74. The third-order valence-electron chi connectivity index (χ3n) is 3.08. The molecule has 0 aromatic rings. The van der Waals surface area contributed by atoms with Crippen LogP contribution in [0.2, 0.25) is 0 Å². The Balaban J connectivity index is 2.51. The molecule has 0 aromatic carbocycles.